The highest BCUT2D eigenvalue weighted by atomic mass is 35.5. The summed E-state index contributed by atoms with van der Waals surface area (Å²) in [6.45, 7) is 4.88. The zero-order valence-corrected chi connectivity index (χ0v) is 18.1. The maximum Gasteiger partial charge on any atom is 0.261 e. The summed E-state index contributed by atoms with van der Waals surface area (Å²) in [7, 11) is 0. The molecule has 0 aliphatic carbocycles. The van der Waals surface area contributed by atoms with Crippen molar-refractivity contribution >= 4 is 23.3 Å². The number of nitrogens with zero attached hydrogens (tertiary/aromatic N) is 2. The van der Waals surface area contributed by atoms with Gasteiger partial charge in [-0.25, -0.2) is 0 Å². The fourth-order valence-electron chi connectivity index (χ4n) is 3.54. The SMILES string of the molecule is CC(NC(=O)CO/N=C(/N)c1cccc(CN2CCCCC2)c1)c1ccc(Cl)cc1. The van der Waals surface area contributed by atoms with E-state index in [-0.39, 0.29) is 24.4 Å². The van der Waals surface area contributed by atoms with Crippen LogP contribution in [0.3, 0.4) is 0 Å². The summed E-state index contributed by atoms with van der Waals surface area (Å²) in [6, 6.07) is 15.2. The Labute approximate surface area is 183 Å². The Kier molecular flexibility index (Phi) is 8.11. The summed E-state index contributed by atoms with van der Waals surface area (Å²) in [5, 5.41) is 7.44. The Hall–Kier alpha value is -2.57. The topological polar surface area (TPSA) is 79.9 Å². The van der Waals surface area contributed by atoms with E-state index in [0.717, 1.165) is 30.8 Å². The van der Waals surface area contributed by atoms with Crippen LogP contribution in [0.4, 0.5) is 0 Å². The lowest BCUT2D eigenvalue weighted by Gasteiger charge is -2.26. The summed E-state index contributed by atoms with van der Waals surface area (Å²) in [5.41, 5.74) is 9.00. The Morgan fingerprint density at radius 1 is 1.20 bits per heavy atom. The van der Waals surface area contributed by atoms with Gasteiger partial charge in [0.1, 0.15) is 0 Å². The van der Waals surface area contributed by atoms with E-state index in [2.05, 4.69) is 21.4 Å². The molecule has 3 N–H and O–H groups in total. The molecule has 0 spiro atoms. The fourth-order valence-corrected chi connectivity index (χ4v) is 3.66. The van der Waals surface area contributed by atoms with E-state index in [1.807, 2.05) is 37.3 Å². The molecule has 1 amide bonds. The first-order chi connectivity index (χ1) is 14.5. The molecule has 30 heavy (non-hydrogen) atoms. The van der Waals surface area contributed by atoms with Gasteiger partial charge < -0.3 is 15.9 Å². The second-order valence-electron chi connectivity index (χ2n) is 7.63. The summed E-state index contributed by atoms with van der Waals surface area (Å²) < 4.78 is 0. The maximum atomic E-state index is 12.1. The third-order valence-corrected chi connectivity index (χ3v) is 5.44. The van der Waals surface area contributed by atoms with Crippen LogP contribution in [0.5, 0.6) is 0 Å². The number of likely N-dealkylation sites (tertiary alicyclic amines) is 1. The fraction of sp³-hybridized carbons (Fsp3) is 0.391. The van der Waals surface area contributed by atoms with Gasteiger partial charge >= 0.3 is 0 Å². The molecule has 0 radical (unpaired) electrons. The Balaban J connectivity index is 1.48. The largest absolute Gasteiger partial charge is 0.384 e. The van der Waals surface area contributed by atoms with Crippen molar-refractivity contribution in [3.8, 4) is 0 Å². The molecular formula is C23H29ClN4O2. The van der Waals surface area contributed by atoms with Crippen molar-refractivity contribution in [1.29, 1.82) is 0 Å². The van der Waals surface area contributed by atoms with E-state index in [9.17, 15) is 4.79 Å². The first-order valence-corrected chi connectivity index (χ1v) is 10.7. The highest BCUT2D eigenvalue weighted by Crippen LogP contribution is 2.16. The van der Waals surface area contributed by atoms with E-state index in [1.54, 1.807) is 12.1 Å². The van der Waals surface area contributed by atoms with Gasteiger partial charge in [-0.15, -0.1) is 0 Å². The minimum absolute atomic E-state index is 0.161. The van der Waals surface area contributed by atoms with Crippen LogP contribution in [0.1, 0.15) is 48.9 Å². The number of oxime groups is 1. The molecule has 1 atom stereocenters. The predicted molar refractivity (Wildman–Crippen MR) is 120 cm³/mol. The maximum absolute atomic E-state index is 12.1. The molecule has 1 aliphatic heterocycles. The standard InChI is InChI=1S/C23H29ClN4O2/c1-17(19-8-10-21(24)11-9-19)26-22(29)16-30-27-23(25)20-7-5-6-18(14-20)15-28-12-3-2-4-13-28/h5-11,14,17H,2-4,12-13,15-16H2,1H3,(H2,25,27)(H,26,29). The third-order valence-electron chi connectivity index (χ3n) is 5.18. The number of carbonyl (C=O) groups is 1. The van der Waals surface area contributed by atoms with Crippen molar-refractivity contribution in [2.45, 2.75) is 38.8 Å². The molecule has 0 saturated carbocycles. The van der Waals surface area contributed by atoms with Gasteiger partial charge in [-0.05, 0) is 62.2 Å². The first-order valence-electron chi connectivity index (χ1n) is 10.3. The predicted octanol–water partition coefficient (Wildman–Crippen LogP) is 3.84. The van der Waals surface area contributed by atoms with Gasteiger partial charge in [0.05, 0.1) is 6.04 Å². The lowest BCUT2D eigenvalue weighted by molar-refractivity contribution is -0.126. The Bertz CT molecular complexity index is 864. The Morgan fingerprint density at radius 2 is 1.93 bits per heavy atom. The number of benzene rings is 2. The van der Waals surface area contributed by atoms with Crippen molar-refractivity contribution in [3.63, 3.8) is 0 Å². The van der Waals surface area contributed by atoms with Gasteiger partial charge in [-0.1, -0.05) is 53.5 Å². The third kappa shape index (κ3) is 6.75. The van der Waals surface area contributed by atoms with E-state index < -0.39 is 0 Å². The minimum atomic E-state index is -0.271. The molecular weight excluding hydrogens is 400 g/mol. The first kappa shape index (κ1) is 22.1. The van der Waals surface area contributed by atoms with E-state index in [0.29, 0.717) is 5.02 Å². The molecule has 1 fully saturated rings. The molecule has 160 valence electrons. The number of nitrogens with two attached hydrogens (primary N) is 1. The lowest BCUT2D eigenvalue weighted by Crippen LogP contribution is -2.30. The van der Waals surface area contributed by atoms with Gasteiger partial charge in [-0.3, -0.25) is 9.69 Å². The molecule has 3 rings (SSSR count). The number of amidine groups is 1. The highest BCUT2D eigenvalue weighted by molar-refractivity contribution is 6.30. The number of rotatable bonds is 8. The number of carbonyl (C=O) groups excluding carboxylic acids is 1. The van der Waals surface area contributed by atoms with Crippen molar-refractivity contribution in [2.24, 2.45) is 10.9 Å². The van der Waals surface area contributed by atoms with E-state index >= 15 is 0 Å². The van der Waals surface area contributed by atoms with Gasteiger partial charge in [0.2, 0.25) is 0 Å². The monoisotopic (exact) mass is 428 g/mol. The summed E-state index contributed by atoms with van der Waals surface area (Å²) in [4.78, 5) is 19.7. The van der Waals surface area contributed by atoms with Gasteiger partial charge in [0.15, 0.2) is 12.4 Å². The lowest BCUT2D eigenvalue weighted by atomic mass is 10.1. The van der Waals surface area contributed by atoms with Crippen LogP contribution < -0.4 is 11.1 Å². The van der Waals surface area contributed by atoms with Crippen LogP contribution in [0.25, 0.3) is 0 Å². The molecule has 1 aliphatic rings. The van der Waals surface area contributed by atoms with Crippen molar-refractivity contribution in [2.75, 3.05) is 19.7 Å². The van der Waals surface area contributed by atoms with E-state index in [4.69, 9.17) is 22.2 Å². The average molecular weight is 429 g/mol. The molecule has 2 aromatic carbocycles. The number of halogens is 1. The average Bonchev–Trinajstić information content (AvgIpc) is 2.75. The van der Waals surface area contributed by atoms with E-state index in [1.165, 1.54) is 24.8 Å². The zero-order valence-electron chi connectivity index (χ0n) is 17.3. The summed E-state index contributed by atoms with van der Waals surface area (Å²) >= 11 is 5.89. The second kappa shape index (κ2) is 11.0. The molecule has 7 heteroatoms. The number of amides is 1. The summed E-state index contributed by atoms with van der Waals surface area (Å²) in [5.74, 6) is -0.0121. The quantitative estimate of drug-likeness (QED) is 0.380. The minimum Gasteiger partial charge on any atom is -0.384 e. The normalized spacial score (nSPS) is 16.1. The van der Waals surface area contributed by atoms with Crippen LogP contribution in [0.2, 0.25) is 5.02 Å². The van der Waals surface area contributed by atoms with Gasteiger partial charge in [0, 0.05) is 17.1 Å². The molecule has 0 bridgehead atoms. The molecule has 1 unspecified atom stereocenters. The summed E-state index contributed by atoms with van der Waals surface area (Å²) in [6.07, 6.45) is 3.84. The number of nitrogens with one attached hydrogen (secondary N) is 1. The molecule has 0 aromatic heterocycles. The Morgan fingerprint density at radius 3 is 2.67 bits per heavy atom. The number of piperidine rings is 1. The van der Waals surface area contributed by atoms with Gasteiger partial charge in [-0.2, -0.15) is 0 Å². The molecule has 6 nitrogen and oxygen atoms in total. The van der Waals surface area contributed by atoms with Crippen LogP contribution in [0, 0.1) is 0 Å². The molecule has 2 aromatic rings. The van der Waals surface area contributed by atoms with Crippen molar-refractivity contribution in [3.05, 3.63) is 70.2 Å². The smallest absolute Gasteiger partial charge is 0.261 e. The molecule has 1 heterocycles. The van der Waals surface area contributed by atoms with Crippen LogP contribution in [0.15, 0.2) is 53.7 Å². The highest BCUT2D eigenvalue weighted by Gasteiger charge is 2.12. The zero-order chi connectivity index (χ0) is 21.3. The van der Waals surface area contributed by atoms with Crippen molar-refractivity contribution in [1.82, 2.24) is 10.2 Å². The van der Waals surface area contributed by atoms with Crippen molar-refractivity contribution < 1.29 is 9.63 Å². The second-order valence-corrected chi connectivity index (χ2v) is 8.06. The van der Waals surface area contributed by atoms with Crippen LogP contribution in [-0.4, -0.2) is 36.3 Å². The van der Waals surface area contributed by atoms with Crippen LogP contribution >= 0.6 is 11.6 Å². The van der Waals surface area contributed by atoms with Crippen LogP contribution in [-0.2, 0) is 16.2 Å². The molecule has 1 saturated heterocycles. The van der Waals surface area contributed by atoms with Gasteiger partial charge in [0.25, 0.3) is 5.91 Å². The number of hydrogen-bond donors (Lipinski definition) is 2. The number of hydrogen-bond acceptors (Lipinski definition) is 4.